The summed E-state index contributed by atoms with van der Waals surface area (Å²) in [4.78, 5) is 13.6. The van der Waals surface area contributed by atoms with Crippen molar-refractivity contribution in [2.75, 3.05) is 7.05 Å². The van der Waals surface area contributed by atoms with Crippen molar-refractivity contribution in [1.29, 1.82) is 0 Å². The number of likely N-dealkylation sites (N-methyl/N-ethyl adjacent to an activating group) is 1. The summed E-state index contributed by atoms with van der Waals surface area (Å²) >= 11 is 0. The summed E-state index contributed by atoms with van der Waals surface area (Å²) in [5, 5.41) is 0. The molecule has 1 aromatic heterocycles. The molecule has 0 atom stereocenters. The molecule has 0 fully saturated rings. The van der Waals surface area contributed by atoms with E-state index in [1.54, 1.807) is 23.3 Å². The van der Waals surface area contributed by atoms with Gasteiger partial charge < -0.3 is 9.32 Å². The number of hydrogen-bond donors (Lipinski definition) is 0. The van der Waals surface area contributed by atoms with Crippen molar-refractivity contribution in [1.82, 2.24) is 4.90 Å². The lowest BCUT2D eigenvalue weighted by molar-refractivity contribution is -0.129. The number of furan rings is 1. The molecule has 0 aliphatic carbocycles. The standard InChI is InChI=1S/C13H19NO2/c1-5-13(2,3)14(4)12(15)9-8-11-7-6-10-16-11/h6-10H,5H2,1-4H3/b9-8+. The van der Waals surface area contributed by atoms with Crippen LogP contribution in [0.25, 0.3) is 6.08 Å². The molecule has 0 spiro atoms. The SMILES string of the molecule is CCC(C)(C)N(C)C(=O)/C=C/c1ccco1. The van der Waals surface area contributed by atoms with E-state index in [4.69, 9.17) is 4.42 Å². The summed E-state index contributed by atoms with van der Waals surface area (Å²) in [7, 11) is 1.82. The Bertz CT molecular complexity index is 363. The van der Waals surface area contributed by atoms with Crippen LogP contribution in [-0.4, -0.2) is 23.4 Å². The third kappa shape index (κ3) is 2.99. The topological polar surface area (TPSA) is 33.5 Å². The van der Waals surface area contributed by atoms with E-state index in [-0.39, 0.29) is 11.4 Å². The van der Waals surface area contributed by atoms with E-state index in [9.17, 15) is 4.79 Å². The van der Waals surface area contributed by atoms with Crippen LogP contribution in [0.15, 0.2) is 28.9 Å². The molecule has 1 rings (SSSR count). The zero-order valence-corrected chi connectivity index (χ0v) is 10.4. The fourth-order valence-electron chi connectivity index (χ4n) is 1.19. The maximum absolute atomic E-state index is 11.8. The molecule has 0 saturated heterocycles. The number of nitrogens with zero attached hydrogens (tertiary/aromatic N) is 1. The van der Waals surface area contributed by atoms with Crippen molar-refractivity contribution >= 4 is 12.0 Å². The smallest absolute Gasteiger partial charge is 0.246 e. The first kappa shape index (κ1) is 12.6. The highest BCUT2D eigenvalue weighted by molar-refractivity contribution is 5.91. The van der Waals surface area contributed by atoms with E-state index in [0.717, 1.165) is 6.42 Å². The molecule has 88 valence electrons. The van der Waals surface area contributed by atoms with Gasteiger partial charge in [0.1, 0.15) is 5.76 Å². The first-order chi connectivity index (χ1) is 7.47. The molecule has 3 heteroatoms. The monoisotopic (exact) mass is 221 g/mol. The van der Waals surface area contributed by atoms with Gasteiger partial charge in [-0.05, 0) is 38.5 Å². The highest BCUT2D eigenvalue weighted by Crippen LogP contribution is 2.17. The van der Waals surface area contributed by atoms with Crippen LogP contribution in [0, 0.1) is 0 Å². The average molecular weight is 221 g/mol. The molecule has 0 aliphatic rings. The van der Waals surface area contributed by atoms with Crippen LogP contribution in [0.1, 0.15) is 33.0 Å². The minimum absolute atomic E-state index is 0.0109. The maximum Gasteiger partial charge on any atom is 0.246 e. The van der Waals surface area contributed by atoms with Gasteiger partial charge in [0, 0.05) is 18.7 Å². The van der Waals surface area contributed by atoms with E-state index >= 15 is 0 Å². The van der Waals surface area contributed by atoms with Crippen molar-refractivity contribution in [2.24, 2.45) is 0 Å². The molecule has 1 amide bonds. The van der Waals surface area contributed by atoms with Crippen LogP contribution >= 0.6 is 0 Å². The van der Waals surface area contributed by atoms with E-state index in [1.807, 2.05) is 27.0 Å². The highest BCUT2D eigenvalue weighted by atomic mass is 16.3. The molecule has 1 heterocycles. The molecular weight excluding hydrogens is 202 g/mol. The fourth-order valence-corrected chi connectivity index (χ4v) is 1.19. The average Bonchev–Trinajstić information content (AvgIpc) is 2.77. The van der Waals surface area contributed by atoms with Crippen LogP contribution in [0.2, 0.25) is 0 Å². The second-order valence-electron chi connectivity index (χ2n) is 4.41. The van der Waals surface area contributed by atoms with Gasteiger partial charge in [-0.15, -0.1) is 0 Å². The fraction of sp³-hybridized carbons (Fsp3) is 0.462. The molecule has 0 aliphatic heterocycles. The van der Waals surface area contributed by atoms with Crippen LogP contribution in [-0.2, 0) is 4.79 Å². The molecule has 0 radical (unpaired) electrons. The minimum atomic E-state index is -0.120. The van der Waals surface area contributed by atoms with Gasteiger partial charge in [0.2, 0.25) is 5.91 Å². The highest BCUT2D eigenvalue weighted by Gasteiger charge is 2.23. The third-order valence-electron chi connectivity index (χ3n) is 3.04. The zero-order valence-electron chi connectivity index (χ0n) is 10.4. The summed E-state index contributed by atoms with van der Waals surface area (Å²) in [6.07, 6.45) is 5.73. The van der Waals surface area contributed by atoms with Gasteiger partial charge in [-0.3, -0.25) is 4.79 Å². The van der Waals surface area contributed by atoms with Crippen LogP contribution in [0.5, 0.6) is 0 Å². The van der Waals surface area contributed by atoms with Gasteiger partial charge in [0.15, 0.2) is 0 Å². The Balaban J connectivity index is 2.66. The van der Waals surface area contributed by atoms with E-state index in [2.05, 4.69) is 6.92 Å². The molecule has 1 aromatic rings. The zero-order chi connectivity index (χ0) is 12.2. The molecular formula is C13H19NO2. The Labute approximate surface area is 96.7 Å². The molecule has 0 saturated carbocycles. The molecule has 3 nitrogen and oxygen atoms in total. The maximum atomic E-state index is 11.8. The van der Waals surface area contributed by atoms with Gasteiger partial charge in [-0.1, -0.05) is 6.92 Å². The quantitative estimate of drug-likeness (QED) is 0.732. The van der Waals surface area contributed by atoms with E-state index in [1.165, 1.54) is 6.08 Å². The lowest BCUT2D eigenvalue weighted by Crippen LogP contribution is -2.43. The second kappa shape index (κ2) is 5.01. The minimum Gasteiger partial charge on any atom is -0.465 e. The first-order valence-corrected chi connectivity index (χ1v) is 5.47. The lowest BCUT2D eigenvalue weighted by atomic mass is 10.00. The molecule has 16 heavy (non-hydrogen) atoms. The molecule has 0 unspecified atom stereocenters. The summed E-state index contributed by atoms with van der Waals surface area (Å²) in [6.45, 7) is 6.16. The largest absolute Gasteiger partial charge is 0.465 e. The summed E-state index contributed by atoms with van der Waals surface area (Å²) in [5.74, 6) is 0.680. The van der Waals surface area contributed by atoms with Crippen LogP contribution in [0.4, 0.5) is 0 Å². The lowest BCUT2D eigenvalue weighted by Gasteiger charge is -2.34. The number of carbonyl (C=O) groups is 1. The number of carbonyl (C=O) groups excluding carboxylic acids is 1. The van der Waals surface area contributed by atoms with Crippen molar-refractivity contribution in [2.45, 2.75) is 32.7 Å². The molecule has 0 aromatic carbocycles. The number of hydrogen-bond acceptors (Lipinski definition) is 2. The van der Waals surface area contributed by atoms with Gasteiger partial charge in [-0.25, -0.2) is 0 Å². The Morgan fingerprint density at radius 3 is 2.75 bits per heavy atom. The second-order valence-corrected chi connectivity index (χ2v) is 4.41. The Morgan fingerprint density at radius 2 is 2.25 bits per heavy atom. The first-order valence-electron chi connectivity index (χ1n) is 5.47. The third-order valence-corrected chi connectivity index (χ3v) is 3.04. The van der Waals surface area contributed by atoms with Crippen molar-refractivity contribution in [3.63, 3.8) is 0 Å². The predicted octanol–water partition coefficient (Wildman–Crippen LogP) is 2.94. The number of amides is 1. The molecule has 0 N–H and O–H groups in total. The van der Waals surface area contributed by atoms with Crippen LogP contribution < -0.4 is 0 Å². The Hall–Kier alpha value is -1.51. The van der Waals surface area contributed by atoms with E-state index < -0.39 is 0 Å². The summed E-state index contributed by atoms with van der Waals surface area (Å²) in [6, 6.07) is 3.61. The normalized spacial score (nSPS) is 12.0. The van der Waals surface area contributed by atoms with Gasteiger partial charge in [0.25, 0.3) is 0 Å². The molecule has 0 bridgehead atoms. The van der Waals surface area contributed by atoms with Crippen molar-refractivity contribution in [3.8, 4) is 0 Å². The van der Waals surface area contributed by atoms with Crippen molar-refractivity contribution in [3.05, 3.63) is 30.2 Å². The van der Waals surface area contributed by atoms with Crippen molar-refractivity contribution < 1.29 is 9.21 Å². The van der Waals surface area contributed by atoms with Crippen LogP contribution in [0.3, 0.4) is 0 Å². The Morgan fingerprint density at radius 1 is 1.56 bits per heavy atom. The van der Waals surface area contributed by atoms with Gasteiger partial charge >= 0.3 is 0 Å². The number of rotatable bonds is 4. The predicted molar refractivity (Wildman–Crippen MR) is 64.9 cm³/mol. The van der Waals surface area contributed by atoms with Gasteiger partial charge in [-0.2, -0.15) is 0 Å². The van der Waals surface area contributed by atoms with E-state index in [0.29, 0.717) is 5.76 Å². The Kier molecular flexibility index (Phi) is 3.93. The summed E-state index contributed by atoms with van der Waals surface area (Å²) in [5.41, 5.74) is -0.120. The summed E-state index contributed by atoms with van der Waals surface area (Å²) < 4.78 is 5.12. The van der Waals surface area contributed by atoms with Gasteiger partial charge in [0.05, 0.1) is 6.26 Å².